The minimum absolute atomic E-state index is 0.0330. The van der Waals surface area contributed by atoms with Gasteiger partial charge in [-0.3, -0.25) is 0 Å². The third-order valence-electron chi connectivity index (χ3n) is 4.33. The highest BCUT2D eigenvalue weighted by Gasteiger charge is 2.38. The van der Waals surface area contributed by atoms with Crippen molar-refractivity contribution in [3.05, 3.63) is 35.9 Å². The van der Waals surface area contributed by atoms with Gasteiger partial charge in [0, 0.05) is 11.8 Å². The molecule has 21 heavy (non-hydrogen) atoms. The van der Waals surface area contributed by atoms with E-state index in [0.29, 0.717) is 5.52 Å². The third kappa shape index (κ3) is 2.64. The maximum atomic E-state index is 13.3. The largest absolute Gasteiger partial charge is 0.416 e. The number of aromatic nitrogens is 2. The van der Waals surface area contributed by atoms with Gasteiger partial charge in [-0.2, -0.15) is 13.2 Å². The summed E-state index contributed by atoms with van der Waals surface area (Å²) in [5.41, 5.74) is -0.453. The van der Waals surface area contributed by atoms with Crippen LogP contribution in [-0.2, 0) is 6.18 Å². The number of imidazole rings is 1. The fourth-order valence-electron chi connectivity index (χ4n) is 3.26. The first-order chi connectivity index (χ1) is 9.98. The van der Waals surface area contributed by atoms with E-state index in [1.165, 1.54) is 23.1 Å². The van der Waals surface area contributed by atoms with Gasteiger partial charge in [0.1, 0.15) is 0 Å². The van der Waals surface area contributed by atoms with Gasteiger partial charge in [-0.25, -0.2) is 4.98 Å². The van der Waals surface area contributed by atoms with Crippen LogP contribution in [0.15, 0.2) is 24.8 Å². The molecule has 1 saturated carbocycles. The number of hydrogen-bond acceptors (Lipinski definition) is 2. The van der Waals surface area contributed by atoms with E-state index in [0.717, 1.165) is 38.2 Å². The Morgan fingerprint density at radius 1 is 1.24 bits per heavy atom. The van der Waals surface area contributed by atoms with Gasteiger partial charge in [0.15, 0.2) is 0 Å². The Balaban J connectivity index is 2.11. The van der Waals surface area contributed by atoms with Crippen LogP contribution in [0.25, 0.3) is 5.52 Å². The summed E-state index contributed by atoms with van der Waals surface area (Å²) in [6.45, 7) is 0. The second-order valence-corrected chi connectivity index (χ2v) is 5.67. The molecule has 0 aromatic carbocycles. The summed E-state index contributed by atoms with van der Waals surface area (Å²) in [6, 6.07) is 1.02. The molecule has 2 heterocycles. The Morgan fingerprint density at radius 3 is 2.62 bits per heavy atom. The second kappa shape index (κ2) is 5.33. The van der Waals surface area contributed by atoms with Gasteiger partial charge >= 0.3 is 6.18 Å². The van der Waals surface area contributed by atoms with Crippen molar-refractivity contribution in [1.29, 1.82) is 0 Å². The lowest BCUT2D eigenvalue weighted by atomic mass is 9.81. The number of fused-ring (bicyclic) bond motifs is 1. The summed E-state index contributed by atoms with van der Waals surface area (Å²) in [5, 5.41) is 10.6. The molecule has 1 unspecified atom stereocenters. The Bertz CT molecular complexity index is 629. The molecule has 1 N–H and O–H groups in total. The van der Waals surface area contributed by atoms with Crippen molar-refractivity contribution < 1.29 is 18.3 Å². The first-order valence-electron chi connectivity index (χ1n) is 7.18. The SMILES string of the molecule is OC(c1c(C(F)(F)F)ccn2cncc12)C1CCCCC1. The highest BCUT2D eigenvalue weighted by molar-refractivity contribution is 5.58. The first-order valence-corrected chi connectivity index (χ1v) is 7.18. The summed E-state index contributed by atoms with van der Waals surface area (Å²) >= 11 is 0. The van der Waals surface area contributed by atoms with Crippen LogP contribution in [0.5, 0.6) is 0 Å². The van der Waals surface area contributed by atoms with Crippen LogP contribution >= 0.6 is 0 Å². The van der Waals surface area contributed by atoms with Crippen molar-refractivity contribution >= 4 is 5.52 Å². The predicted molar refractivity (Wildman–Crippen MR) is 71.7 cm³/mol. The maximum absolute atomic E-state index is 13.3. The fourth-order valence-corrected chi connectivity index (χ4v) is 3.26. The normalized spacial score (nSPS) is 19.0. The lowest BCUT2D eigenvalue weighted by Gasteiger charge is -2.29. The molecule has 3 nitrogen and oxygen atoms in total. The molecule has 0 spiro atoms. The van der Waals surface area contributed by atoms with E-state index in [1.807, 2.05) is 0 Å². The second-order valence-electron chi connectivity index (χ2n) is 5.67. The molecule has 0 radical (unpaired) electrons. The van der Waals surface area contributed by atoms with Crippen molar-refractivity contribution in [3.8, 4) is 0 Å². The van der Waals surface area contributed by atoms with E-state index in [9.17, 15) is 18.3 Å². The highest BCUT2D eigenvalue weighted by atomic mass is 19.4. The molecule has 1 aliphatic carbocycles. The molecule has 0 amide bonds. The summed E-state index contributed by atoms with van der Waals surface area (Å²) in [4.78, 5) is 3.90. The Labute approximate surface area is 120 Å². The average Bonchev–Trinajstić information content (AvgIpc) is 2.94. The van der Waals surface area contributed by atoms with E-state index < -0.39 is 17.8 Å². The van der Waals surface area contributed by atoms with Gasteiger partial charge in [-0.05, 0) is 24.8 Å². The number of rotatable bonds is 2. The van der Waals surface area contributed by atoms with Crippen LogP contribution in [0.4, 0.5) is 13.2 Å². The quantitative estimate of drug-likeness (QED) is 0.911. The summed E-state index contributed by atoms with van der Waals surface area (Å²) < 4.78 is 41.3. The average molecular weight is 298 g/mol. The molecule has 114 valence electrons. The predicted octanol–water partition coefficient (Wildman–Crippen LogP) is 3.97. The van der Waals surface area contributed by atoms with Crippen LogP contribution in [0.2, 0.25) is 0 Å². The first kappa shape index (κ1) is 14.4. The number of nitrogens with zero attached hydrogens (tertiary/aromatic N) is 2. The number of aliphatic hydroxyl groups is 1. The highest BCUT2D eigenvalue weighted by Crippen LogP contribution is 2.42. The van der Waals surface area contributed by atoms with Crippen LogP contribution in [-0.4, -0.2) is 14.5 Å². The molecular formula is C15H17F3N2O. The lowest BCUT2D eigenvalue weighted by molar-refractivity contribution is -0.139. The standard InChI is InChI=1S/C15H17F3N2O/c16-15(17,18)11-6-7-20-9-19-8-12(20)13(11)14(21)10-4-2-1-3-5-10/h6-10,14,21H,1-5H2. The molecule has 2 aromatic heterocycles. The molecule has 1 atom stereocenters. The zero-order chi connectivity index (χ0) is 15.0. The van der Waals surface area contributed by atoms with E-state index in [-0.39, 0.29) is 11.5 Å². The molecule has 2 aromatic rings. The van der Waals surface area contributed by atoms with Crippen LogP contribution in [0, 0.1) is 5.92 Å². The van der Waals surface area contributed by atoms with Crippen LogP contribution in [0.3, 0.4) is 0 Å². The van der Waals surface area contributed by atoms with E-state index >= 15 is 0 Å². The number of aliphatic hydroxyl groups excluding tert-OH is 1. The zero-order valence-electron chi connectivity index (χ0n) is 11.5. The zero-order valence-corrected chi connectivity index (χ0v) is 11.5. The van der Waals surface area contributed by atoms with E-state index in [1.54, 1.807) is 0 Å². The summed E-state index contributed by atoms with van der Waals surface area (Å²) in [7, 11) is 0. The summed E-state index contributed by atoms with van der Waals surface area (Å²) in [5.74, 6) is -0.110. The van der Waals surface area contributed by atoms with Gasteiger partial charge in [0.25, 0.3) is 0 Å². The lowest BCUT2D eigenvalue weighted by Crippen LogP contribution is -2.21. The van der Waals surface area contributed by atoms with Crippen molar-refractivity contribution in [2.24, 2.45) is 5.92 Å². The van der Waals surface area contributed by atoms with Crippen LogP contribution in [0.1, 0.15) is 49.3 Å². The molecule has 6 heteroatoms. The molecule has 0 saturated heterocycles. The minimum Gasteiger partial charge on any atom is -0.388 e. The molecule has 1 fully saturated rings. The Kier molecular flexibility index (Phi) is 3.65. The fraction of sp³-hybridized carbons (Fsp3) is 0.533. The van der Waals surface area contributed by atoms with Gasteiger partial charge in [0.2, 0.25) is 0 Å². The number of halogens is 3. The monoisotopic (exact) mass is 298 g/mol. The molecular weight excluding hydrogens is 281 g/mol. The van der Waals surface area contributed by atoms with Gasteiger partial charge in [0.05, 0.1) is 29.7 Å². The Hall–Kier alpha value is -1.56. The van der Waals surface area contributed by atoms with E-state index in [4.69, 9.17) is 0 Å². The third-order valence-corrected chi connectivity index (χ3v) is 4.33. The number of hydrogen-bond donors (Lipinski definition) is 1. The molecule has 3 rings (SSSR count). The van der Waals surface area contributed by atoms with Crippen molar-refractivity contribution in [2.45, 2.75) is 44.4 Å². The van der Waals surface area contributed by atoms with Gasteiger partial charge in [-0.15, -0.1) is 0 Å². The van der Waals surface area contributed by atoms with Gasteiger partial charge < -0.3 is 9.51 Å². The van der Waals surface area contributed by atoms with E-state index in [2.05, 4.69) is 4.98 Å². The molecule has 0 bridgehead atoms. The number of alkyl halides is 3. The molecule has 1 aliphatic rings. The van der Waals surface area contributed by atoms with Crippen LogP contribution < -0.4 is 0 Å². The van der Waals surface area contributed by atoms with Crippen molar-refractivity contribution in [2.75, 3.05) is 0 Å². The molecule has 0 aliphatic heterocycles. The Morgan fingerprint density at radius 2 is 1.95 bits per heavy atom. The minimum atomic E-state index is -4.48. The van der Waals surface area contributed by atoms with Crippen molar-refractivity contribution in [1.82, 2.24) is 9.38 Å². The topological polar surface area (TPSA) is 37.5 Å². The van der Waals surface area contributed by atoms with Crippen molar-refractivity contribution in [3.63, 3.8) is 0 Å². The van der Waals surface area contributed by atoms with Gasteiger partial charge in [-0.1, -0.05) is 19.3 Å². The number of pyridine rings is 1. The summed E-state index contributed by atoms with van der Waals surface area (Å²) in [6.07, 6.45) is 3.16. The smallest absolute Gasteiger partial charge is 0.388 e. The maximum Gasteiger partial charge on any atom is 0.416 e.